The Bertz CT molecular complexity index is 297. The first kappa shape index (κ1) is 12.0. The molecule has 2 N–H and O–H groups in total. The Morgan fingerprint density at radius 3 is 2.60 bits per heavy atom. The van der Waals surface area contributed by atoms with E-state index in [4.69, 9.17) is 10.5 Å². The lowest BCUT2D eigenvalue weighted by Gasteiger charge is -2.23. The Morgan fingerprint density at radius 2 is 2.07 bits per heavy atom. The van der Waals surface area contributed by atoms with Crippen LogP contribution in [-0.4, -0.2) is 13.2 Å². The van der Waals surface area contributed by atoms with Crippen molar-refractivity contribution >= 4 is 0 Å². The molecule has 0 aliphatic heterocycles. The average molecular weight is 205 g/mol. The zero-order valence-corrected chi connectivity index (χ0v) is 9.28. The summed E-state index contributed by atoms with van der Waals surface area (Å²) >= 11 is 0. The first-order valence-corrected chi connectivity index (χ1v) is 5.15. The highest BCUT2D eigenvalue weighted by molar-refractivity contribution is 5.13. The van der Waals surface area contributed by atoms with Crippen LogP contribution in [0.3, 0.4) is 0 Å². The van der Waals surface area contributed by atoms with Crippen LogP contribution in [0.5, 0.6) is 0 Å². The molecule has 0 aliphatic carbocycles. The molecule has 0 fully saturated rings. The van der Waals surface area contributed by atoms with Gasteiger partial charge in [0, 0.05) is 12.0 Å². The molecule has 1 aromatic rings. The summed E-state index contributed by atoms with van der Waals surface area (Å²) in [6.07, 6.45) is 1.86. The standard InChI is InChI=1S/C13H19NO/c1-3-13(2,10-14)11-15-9-12-7-5-4-6-8-12/h3-8H,1,9-11,14H2,2H3. The Labute approximate surface area is 91.7 Å². The van der Waals surface area contributed by atoms with Crippen LogP contribution in [0.15, 0.2) is 43.0 Å². The third kappa shape index (κ3) is 3.86. The lowest BCUT2D eigenvalue weighted by molar-refractivity contribution is 0.0679. The highest BCUT2D eigenvalue weighted by Gasteiger charge is 2.17. The molecule has 1 atom stereocenters. The minimum Gasteiger partial charge on any atom is -0.376 e. The Hall–Kier alpha value is -1.12. The Morgan fingerprint density at radius 1 is 1.40 bits per heavy atom. The zero-order chi connectivity index (χ0) is 11.1. The molecular weight excluding hydrogens is 186 g/mol. The fourth-order valence-electron chi connectivity index (χ4n) is 1.18. The van der Waals surface area contributed by atoms with Crippen LogP contribution >= 0.6 is 0 Å². The van der Waals surface area contributed by atoms with E-state index in [9.17, 15) is 0 Å². The first-order chi connectivity index (χ1) is 7.20. The second-order valence-electron chi connectivity index (χ2n) is 4.04. The van der Waals surface area contributed by atoms with Crippen LogP contribution in [0.1, 0.15) is 12.5 Å². The SMILES string of the molecule is C=CC(C)(CN)COCc1ccccc1. The number of benzene rings is 1. The predicted octanol–water partition coefficient (Wildman–Crippen LogP) is 2.35. The molecule has 0 radical (unpaired) electrons. The minimum atomic E-state index is -0.116. The molecular formula is C13H19NO. The third-order valence-corrected chi connectivity index (χ3v) is 2.50. The molecule has 1 unspecified atom stereocenters. The van der Waals surface area contributed by atoms with Gasteiger partial charge in [-0.15, -0.1) is 6.58 Å². The number of hydrogen-bond acceptors (Lipinski definition) is 2. The number of nitrogens with two attached hydrogens (primary N) is 1. The molecule has 0 amide bonds. The van der Waals surface area contributed by atoms with Gasteiger partial charge in [-0.2, -0.15) is 0 Å². The smallest absolute Gasteiger partial charge is 0.0717 e. The Balaban J connectivity index is 2.36. The summed E-state index contributed by atoms with van der Waals surface area (Å²) in [4.78, 5) is 0. The highest BCUT2D eigenvalue weighted by Crippen LogP contribution is 2.16. The van der Waals surface area contributed by atoms with E-state index in [-0.39, 0.29) is 5.41 Å². The Kier molecular flexibility index (Phi) is 4.53. The van der Waals surface area contributed by atoms with E-state index < -0.39 is 0 Å². The van der Waals surface area contributed by atoms with Gasteiger partial charge in [0.2, 0.25) is 0 Å². The van der Waals surface area contributed by atoms with Crippen molar-refractivity contribution in [2.75, 3.05) is 13.2 Å². The summed E-state index contributed by atoms with van der Waals surface area (Å²) < 4.78 is 5.62. The topological polar surface area (TPSA) is 35.2 Å². The van der Waals surface area contributed by atoms with Crippen LogP contribution in [0.2, 0.25) is 0 Å². The van der Waals surface area contributed by atoms with Crippen LogP contribution in [-0.2, 0) is 11.3 Å². The molecule has 0 saturated heterocycles. The van der Waals surface area contributed by atoms with Crippen molar-refractivity contribution in [1.82, 2.24) is 0 Å². The third-order valence-electron chi connectivity index (χ3n) is 2.50. The molecule has 0 aromatic heterocycles. The summed E-state index contributed by atoms with van der Waals surface area (Å²) in [7, 11) is 0. The van der Waals surface area contributed by atoms with E-state index in [2.05, 4.69) is 6.58 Å². The molecule has 2 heteroatoms. The van der Waals surface area contributed by atoms with Crippen LogP contribution in [0, 0.1) is 5.41 Å². The van der Waals surface area contributed by atoms with E-state index in [1.165, 1.54) is 5.56 Å². The molecule has 1 aromatic carbocycles. The van der Waals surface area contributed by atoms with E-state index in [0.717, 1.165) is 0 Å². The highest BCUT2D eigenvalue weighted by atomic mass is 16.5. The molecule has 0 aliphatic rings. The van der Waals surface area contributed by atoms with E-state index in [1.54, 1.807) is 0 Å². The second-order valence-corrected chi connectivity index (χ2v) is 4.04. The van der Waals surface area contributed by atoms with E-state index >= 15 is 0 Å². The fourth-order valence-corrected chi connectivity index (χ4v) is 1.18. The van der Waals surface area contributed by atoms with Gasteiger partial charge in [-0.3, -0.25) is 0 Å². The number of rotatable bonds is 6. The van der Waals surface area contributed by atoms with Crippen molar-refractivity contribution in [1.29, 1.82) is 0 Å². The van der Waals surface area contributed by atoms with Gasteiger partial charge in [-0.1, -0.05) is 43.3 Å². The van der Waals surface area contributed by atoms with Crippen molar-refractivity contribution in [2.45, 2.75) is 13.5 Å². The monoisotopic (exact) mass is 205 g/mol. The maximum Gasteiger partial charge on any atom is 0.0717 e. The van der Waals surface area contributed by atoms with Gasteiger partial charge < -0.3 is 10.5 Å². The second kappa shape index (κ2) is 5.69. The van der Waals surface area contributed by atoms with Crippen molar-refractivity contribution in [3.05, 3.63) is 48.6 Å². The first-order valence-electron chi connectivity index (χ1n) is 5.15. The van der Waals surface area contributed by atoms with Crippen LogP contribution in [0.4, 0.5) is 0 Å². The fraction of sp³-hybridized carbons (Fsp3) is 0.385. The molecule has 0 bridgehead atoms. The van der Waals surface area contributed by atoms with Crippen molar-refractivity contribution in [3.8, 4) is 0 Å². The molecule has 1 rings (SSSR count). The molecule has 82 valence electrons. The lowest BCUT2D eigenvalue weighted by Crippen LogP contribution is -2.29. The van der Waals surface area contributed by atoms with E-state index in [0.29, 0.717) is 19.8 Å². The van der Waals surface area contributed by atoms with Gasteiger partial charge in [0.25, 0.3) is 0 Å². The van der Waals surface area contributed by atoms with Gasteiger partial charge in [0.05, 0.1) is 13.2 Å². The number of ether oxygens (including phenoxy) is 1. The quantitative estimate of drug-likeness (QED) is 0.723. The molecule has 2 nitrogen and oxygen atoms in total. The molecule has 15 heavy (non-hydrogen) atoms. The maximum absolute atomic E-state index is 5.65. The van der Waals surface area contributed by atoms with Crippen molar-refractivity contribution < 1.29 is 4.74 Å². The summed E-state index contributed by atoms with van der Waals surface area (Å²) in [5.41, 5.74) is 6.71. The molecule has 0 heterocycles. The van der Waals surface area contributed by atoms with Gasteiger partial charge in [0.1, 0.15) is 0 Å². The zero-order valence-electron chi connectivity index (χ0n) is 9.28. The predicted molar refractivity (Wildman–Crippen MR) is 63.5 cm³/mol. The van der Waals surface area contributed by atoms with Crippen molar-refractivity contribution in [2.24, 2.45) is 11.1 Å². The van der Waals surface area contributed by atoms with Gasteiger partial charge in [-0.25, -0.2) is 0 Å². The summed E-state index contributed by atoms with van der Waals surface area (Å²) in [5, 5.41) is 0. The van der Waals surface area contributed by atoms with Crippen LogP contribution < -0.4 is 5.73 Å². The minimum absolute atomic E-state index is 0.116. The maximum atomic E-state index is 5.65. The lowest BCUT2D eigenvalue weighted by atomic mass is 9.92. The average Bonchev–Trinajstić information content (AvgIpc) is 2.30. The molecule has 0 spiro atoms. The molecule has 0 saturated carbocycles. The summed E-state index contributed by atoms with van der Waals surface area (Å²) in [5.74, 6) is 0. The normalized spacial score (nSPS) is 14.5. The van der Waals surface area contributed by atoms with Gasteiger partial charge in [0.15, 0.2) is 0 Å². The van der Waals surface area contributed by atoms with Crippen molar-refractivity contribution in [3.63, 3.8) is 0 Å². The number of hydrogen-bond donors (Lipinski definition) is 1. The van der Waals surface area contributed by atoms with E-state index in [1.807, 2.05) is 43.3 Å². The summed E-state index contributed by atoms with van der Waals surface area (Å²) in [6, 6.07) is 10.1. The largest absolute Gasteiger partial charge is 0.376 e. The van der Waals surface area contributed by atoms with Gasteiger partial charge >= 0.3 is 0 Å². The summed E-state index contributed by atoms with van der Waals surface area (Å²) in [6.45, 7) is 7.62. The van der Waals surface area contributed by atoms with Gasteiger partial charge in [-0.05, 0) is 5.56 Å². The van der Waals surface area contributed by atoms with Crippen LogP contribution in [0.25, 0.3) is 0 Å².